The molecule has 0 aromatic heterocycles. The van der Waals surface area contributed by atoms with Crippen LogP contribution in [-0.2, 0) is 0 Å². The summed E-state index contributed by atoms with van der Waals surface area (Å²) in [5.74, 6) is 0. The molecule has 0 aliphatic heterocycles. The highest BCUT2D eigenvalue weighted by Gasteiger charge is 1.10. The number of hydrogen-bond acceptors (Lipinski definition) is 3. The standard InChI is InChI=1S/O3P.H2O/c1-4(2)3;/h;1H2/q-3;. The number of rotatable bonds is 0. The zero-order chi connectivity index (χ0) is 3.58. The van der Waals surface area contributed by atoms with Gasteiger partial charge in [0.2, 0.25) is 0 Å². The van der Waals surface area contributed by atoms with Crippen molar-refractivity contribution < 1.29 is 20.2 Å². The first kappa shape index (κ1) is 8.99. The van der Waals surface area contributed by atoms with Crippen molar-refractivity contribution in [2.75, 3.05) is 0 Å². The first-order chi connectivity index (χ1) is 1.73. The van der Waals surface area contributed by atoms with Gasteiger partial charge in [0.1, 0.15) is 0 Å². The molecule has 0 aliphatic carbocycles. The van der Waals surface area contributed by atoms with Crippen molar-refractivity contribution in [3.05, 3.63) is 0 Å². The second-order valence-corrected chi connectivity index (χ2v) is 0.671. The Balaban J connectivity index is 0. The summed E-state index contributed by atoms with van der Waals surface area (Å²) < 4.78 is 0. The SMILES string of the molecule is O.[O-]P([O-])[O-]. The maximum Gasteiger partial charge on any atom is -0.412 e. The van der Waals surface area contributed by atoms with E-state index in [2.05, 4.69) is 0 Å². The fourth-order valence-corrected chi connectivity index (χ4v) is 0. The summed E-state index contributed by atoms with van der Waals surface area (Å²) >= 11 is 0. The summed E-state index contributed by atoms with van der Waals surface area (Å²) in [6.45, 7) is 0. The highest BCUT2D eigenvalue weighted by molar-refractivity contribution is 7.33. The Morgan fingerprint density at radius 2 is 1.00 bits per heavy atom. The van der Waals surface area contributed by atoms with E-state index in [-0.39, 0.29) is 5.48 Å². The van der Waals surface area contributed by atoms with E-state index in [9.17, 15) is 0 Å². The van der Waals surface area contributed by atoms with Crippen LogP contribution in [0.3, 0.4) is 0 Å². The highest BCUT2D eigenvalue weighted by Crippen LogP contribution is 1.85. The molecular weight excluding hydrogens is 95.0 g/mol. The molecule has 0 saturated heterocycles. The van der Waals surface area contributed by atoms with Gasteiger partial charge in [-0.25, -0.2) is 0 Å². The van der Waals surface area contributed by atoms with Gasteiger partial charge in [-0.1, -0.05) is 0 Å². The molecule has 0 unspecified atom stereocenters. The van der Waals surface area contributed by atoms with E-state index >= 15 is 0 Å². The van der Waals surface area contributed by atoms with Crippen molar-refractivity contribution in [2.45, 2.75) is 0 Å². The molecule has 34 valence electrons. The van der Waals surface area contributed by atoms with Crippen LogP contribution in [0.15, 0.2) is 0 Å². The molecule has 0 aliphatic rings. The van der Waals surface area contributed by atoms with Crippen LogP contribution in [0.25, 0.3) is 0 Å². The predicted octanol–water partition coefficient (Wildman–Crippen LogP) is -3.53. The van der Waals surface area contributed by atoms with Gasteiger partial charge < -0.3 is 28.8 Å². The van der Waals surface area contributed by atoms with Crippen LogP contribution in [-0.4, -0.2) is 5.48 Å². The summed E-state index contributed by atoms with van der Waals surface area (Å²) in [6.07, 6.45) is 0. The summed E-state index contributed by atoms with van der Waals surface area (Å²) in [7, 11) is -3.37. The first-order valence-electron chi connectivity index (χ1n) is 0.548. The van der Waals surface area contributed by atoms with Gasteiger partial charge in [-0.05, 0) is 0 Å². The highest BCUT2D eigenvalue weighted by atomic mass is 31.2. The van der Waals surface area contributed by atoms with E-state index < -0.39 is 8.60 Å². The Bertz CT molecular complexity index is 8.36. The first-order valence-corrected chi connectivity index (χ1v) is 1.64. The van der Waals surface area contributed by atoms with Crippen molar-refractivity contribution in [3.63, 3.8) is 0 Å². The monoisotopic (exact) mass is 97.0 g/mol. The Kier molecular flexibility index (Phi) is 7.67. The molecule has 0 spiro atoms. The van der Waals surface area contributed by atoms with Crippen LogP contribution in [0, 0.1) is 0 Å². The van der Waals surface area contributed by atoms with E-state index in [1.807, 2.05) is 0 Å². The zero-order valence-corrected chi connectivity index (χ0v) is 3.07. The summed E-state index contributed by atoms with van der Waals surface area (Å²) in [6, 6.07) is 0. The van der Waals surface area contributed by atoms with Crippen LogP contribution in [0.4, 0.5) is 0 Å². The minimum Gasteiger partial charge on any atom is -0.854 e. The maximum absolute atomic E-state index is 8.48. The van der Waals surface area contributed by atoms with Crippen LogP contribution >= 0.6 is 8.60 Å². The topological polar surface area (TPSA) is 101 Å². The fraction of sp³-hybridized carbons (Fsp3) is 0. The Labute approximate surface area is 30.0 Å². The Morgan fingerprint density at radius 3 is 1.00 bits per heavy atom. The van der Waals surface area contributed by atoms with Crippen LogP contribution in [0.2, 0.25) is 0 Å². The summed E-state index contributed by atoms with van der Waals surface area (Å²) in [5.41, 5.74) is 0. The smallest absolute Gasteiger partial charge is 0.412 e. The molecule has 0 heterocycles. The Morgan fingerprint density at radius 1 is 1.00 bits per heavy atom. The molecule has 2 N–H and O–H groups in total. The van der Waals surface area contributed by atoms with Gasteiger partial charge in [0.25, 0.3) is 0 Å². The third-order valence-corrected chi connectivity index (χ3v) is 0. The molecule has 5 heteroatoms. The van der Waals surface area contributed by atoms with E-state index in [4.69, 9.17) is 14.7 Å². The summed E-state index contributed by atoms with van der Waals surface area (Å²) in [5, 5.41) is 0. The molecule has 0 aromatic carbocycles. The molecule has 0 fully saturated rings. The lowest BCUT2D eigenvalue weighted by Crippen LogP contribution is -2.18. The molecule has 5 heavy (non-hydrogen) atoms. The van der Waals surface area contributed by atoms with Crippen molar-refractivity contribution >= 4 is 8.60 Å². The predicted molar refractivity (Wildman–Crippen MR) is 10.5 cm³/mol. The zero-order valence-electron chi connectivity index (χ0n) is 2.17. The molecule has 0 rings (SSSR count). The van der Waals surface area contributed by atoms with E-state index in [0.29, 0.717) is 0 Å². The average Bonchev–Trinajstić information content (AvgIpc) is 0.811. The lowest BCUT2D eigenvalue weighted by atomic mass is 15.8. The molecule has 0 aromatic rings. The molecule has 4 nitrogen and oxygen atoms in total. The lowest BCUT2D eigenvalue weighted by Gasteiger charge is -2.39. The van der Waals surface area contributed by atoms with Crippen LogP contribution < -0.4 is 14.7 Å². The minimum atomic E-state index is -3.37. The normalized spacial score (nSPS) is 7.20. The van der Waals surface area contributed by atoms with Crippen molar-refractivity contribution in [3.8, 4) is 0 Å². The fourth-order valence-electron chi connectivity index (χ4n) is 0. The third-order valence-electron chi connectivity index (χ3n) is 0. The van der Waals surface area contributed by atoms with Gasteiger partial charge in [0.05, 0.1) is 0 Å². The van der Waals surface area contributed by atoms with Gasteiger partial charge in [-0.15, -0.1) is 0 Å². The number of hydrogen-bond donors (Lipinski definition) is 0. The van der Waals surface area contributed by atoms with Crippen molar-refractivity contribution in [1.82, 2.24) is 0 Å². The van der Waals surface area contributed by atoms with E-state index in [1.54, 1.807) is 0 Å². The van der Waals surface area contributed by atoms with Gasteiger partial charge >= 0.3 is 0 Å². The van der Waals surface area contributed by atoms with Crippen LogP contribution in [0.5, 0.6) is 0 Å². The van der Waals surface area contributed by atoms with Crippen LogP contribution in [0.1, 0.15) is 0 Å². The van der Waals surface area contributed by atoms with Gasteiger partial charge in [0.15, 0.2) is 0 Å². The Hall–Kier alpha value is 0.270. The lowest BCUT2D eigenvalue weighted by molar-refractivity contribution is -0.407. The molecule has 0 saturated carbocycles. The molecular formula is H2O4P-3. The van der Waals surface area contributed by atoms with E-state index in [1.165, 1.54) is 0 Å². The minimum absolute atomic E-state index is 0. The summed E-state index contributed by atoms with van der Waals surface area (Å²) in [4.78, 5) is 25.4. The second-order valence-electron chi connectivity index (χ2n) is 0.224. The quantitative estimate of drug-likeness (QED) is 0.292. The molecule has 0 amide bonds. The van der Waals surface area contributed by atoms with Gasteiger partial charge in [0, 0.05) is 0 Å². The third kappa shape index (κ3) is 302. The largest absolute Gasteiger partial charge is 0.854 e. The molecule has 0 radical (unpaired) electrons. The second kappa shape index (κ2) is 4.27. The van der Waals surface area contributed by atoms with Gasteiger partial charge in [-0.2, -0.15) is 0 Å². The van der Waals surface area contributed by atoms with E-state index in [0.717, 1.165) is 0 Å². The molecule has 0 atom stereocenters. The van der Waals surface area contributed by atoms with Crippen molar-refractivity contribution in [1.29, 1.82) is 0 Å². The maximum atomic E-state index is 8.48. The van der Waals surface area contributed by atoms with Crippen molar-refractivity contribution in [2.24, 2.45) is 0 Å². The van der Waals surface area contributed by atoms with Gasteiger partial charge in [-0.3, -0.25) is 0 Å². The molecule has 0 bridgehead atoms. The average molecular weight is 97.0 g/mol.